The van der Waals surface area contributed by atoms with Crippen molar-refractivity contribution >= 4 is 23.9 Å². The highest BCUT2D eigenvalue weighted by Gasteiger charge is 2.61. The fourth-order valence-electron chi connectivity index (χ4n) is 4.85. The molecule has 6 unspecified atom stereocenters. The lowest BCUT2D eigenvalue weighted by atomic mass is 9.53. The second kappa shape index (κ2) is 9.82. The quantitative estimate of drug-likeness (QED) is 0.434. The molecule has 2 N–H and O–H groups in total. The lowest BCUT2D eigenvalue weighted by molar-refractivity contribution is -0.183. The lowest BCUT2D eigenvalue weighted by Gasteiger charge is -2.48. The molecule has 10 heteroatoms. The number of aliphatic carboxylic acids is 2. The van der Waals surface area contributed by atoms with E-state index >= 15 is 0 Å². The molecule has 176 valence electrons. The maximum atomic E-state index is 13.0. The van der Waals surface area contributed by atoms with Crippen LogP contribution in [-0.2, 0) is 41.9 Å². The predicted molar refractivity (Wildman–Crippen MR) is 113 cm³/mol. The first-order valence-electron chi connectivity index (χ1n) is 10.6. The van der Waals surface area contributed by atoms with Crippen LogP contribution in [0.3, 0.4) is 0 Å². The van der Waals surface area contributed by atoms with E-state index in [1.165, 1.54) is 24.5 Å². The van der Waals surface area contributed by atoms with Crippen LogP contribution in [0.15, 0.2) is 61.2 Å². The molecular weight excluding hydrogens is 444 g/mol. The summed E-state index contributed by atoms with van der Waals surface area (Å²) in [4.78, 5) is 58.2. The van der Waals surface area contributed by atoms with Crippen molar-refractivity contribution in [1.29, 1.82) is 0 Å². The van der Waals surface area contributed by atoms with Gasteiger partial charge in [-0.25, -0.2) is 0 Å². The molecule has 0 aromatic carbocycles. The molecule has 3 aliphatic rings. The molecule has 0 saturated heterocycles. The summed E-state index contributed by atoms with van der Waals surface area (Å²) in [5.74, 6) is -11.5. The minimum absolute atomic E-state index is 0.134. The third kappa shape index (κ3) is 4.52. The summed E-state index contributed by atoms with van der Waals surface area (Å²) in [6.45, 7) is -0.268. The Morgan fingerprint density at radius 2 is 1.12 bits per heavy atom. The standard InChI is InChI=1S/C24H22N2O8/c27-21(28)17-16-6-5-15(19(17)23(31)33-11-13-3-1-7-25-9-13)18(22(29)30)20(16)24(32)34-12-14-4-2-8-26-10-14/h1-10,15-20H,11-12H2,(H,27,28)(H,29,30). The number of carboxylic acid groups (broad SMARTS) is 2. The average Bonchev–Trinajstić information content (AvgIpc) is 2.86. The Kier molecular flexibility index (Phi) is 6.67. The number of esters is 2. The van der Waals surface area contributed by atoms with E-state index in [2.05, 4.69) is 9.97 Å². The van der Waals surface area contributed by atoms with Crippen LogP contribution in [0, 0.1) is 35.5 Å². The number of fused-ring (bicyclic) bond motifs is 2. The highest BCUT2D eigenvalue weighted by Crippen LogP contribution is 2.52. The fraction of sp³-hybridized carbons (Fsp3) is 0.333. The van der Waals surface area contributed by atoms with Crippen LogP contribution in [0.5, 0.6) is 0 Å². The van der Waals surface area contributed by atoms with Crippen LogP contribution in [0.1, 0.15) is 11.1 Å². The Hall–Kier alpha value is -4.08. The molecule has 6 atom stereocenters. The zero-order chi connectivity index (χ0) is 24.2. The third-order valence-electron chi connectivity index (χ3n) is 6.31. The number of carboxylic acids is 2. The number of aromatic nitrogens is 2. The molecule has 1 fully saturated rings. The SMILES string of the molecule is O=C(O)C1C2C=CC(C(C(=O)O)C2C(=O)OCc2cccnc2)C1C(=O)OCc1cccnc1. The Morgan fingerprint density at radius 3 is 1.44 bits per heavy atom. The Balaban J connectivity index is 1.57. The van der Waals surface area contributed by atoms with E-state index in [9.17, 15) is 29.4 Å². The molecule has 2 aromatic heterocycles. The smallest absolute Gasteiger partial charge is 0.310 e. The van der Waals surface area contributed by atoms with Gasteiger partial charge >= 0.3 is 23.9 Å². The first-order valence-corrected chi connectivity index (χ1v) is 10.6. The van der Waals surface area contributed by atoms with Crippen LogP contribution in [-0.4, -0.2) is 44.1 Å². The van der Waals surface area contributed by atoms with Crippen molar-refractivity contribution in [1.82, 2.24) is 9.97 Å². The van der Waals surface area contributed by atoms with Gasteiger partial charge in [0.2, 0.25) is 0 Å². The topological polar surface area (TPSA) is 153 Å². The Labute approximate surface area is 194 Å². The largest absolute Gasteiger partial charge is 0.481 e. The number of allylic oxidation sites excluding steroid dienone is 2. The molecule has 0 radical (unpaired) electrons. The van der Waals surface area contributed by atoms with E-state index in [1.807, 2.05) is 0 Å². The van der Waals surface area contributed by atoms with Gasteiger partial charge in [-0.1, -0.05) is 24.3 Å². The number of carbonyl (C=O) groups excluding carboxylic acids is 2. The van der Waals surface area contributed by atoms with Crippen LogP contribution in [0.2, 0.25) is 0 Å². The van der Waals surface area contributed by atoms with Gasteiger partial charge in [-0.15, -0.1) is 0 Å². The highest BCUT2D eigenvalue weighted by molar-refractivity contribution is 5.89. The molecule has 1 saturated carbocycles. The van der Waals surface area contributed by atoms with Crippen molar-refractivity contribution in [3.05, 3.63) is 72.3 Å². The zero-order valence-corrected chi connectivity index (χ0v) is 17.9. The summed E-state index contributed by atoms with van der Waals surface area (Å²) in [5, 5.41) is 19.9. The Morgan fingerprint density at radius 1 is 0.706 bits per heavy atom. The molecule has 0 aliphatic heterocycles. The number of pyridine rings is 2. The number of ether oxygens (including phenoxy) is 2. The molecule has 0 spiro atoms. The first kappa shape index (κ1) is 23.1. The minimum Gasteiger partial charge on any atom is -0.481 e. The van der Waals surface area contributed by atoms with Crippen LogP contribution < -0.4 is 0 Å². The van der Waals surface area contributed by atoms with Gasteiger partial charge in [0.1, 0.15) is 13.2 Å². The molecule has 10 nitrogen and oxygen atoms in total. The second-order valence-corrected chi connectivity index (χ2v) is 8.26. The number of nitrogens with zero attached hydrogens (tertiary/aromatic N) is 2. The van der Waals surface area contributed by atoms with E-state index in [0.717, 1.165) is 0 Å². The number of rotatable bonds is 8. The summed E-state index contributed by atoms with van der Waals surface area (Å²) in [5.41, 5.74) is 1.21. The van der Waals surface area contributed by atoms with Crippen molar-refractivity contribution in [2.75, 3.05) is 0 Å². The summed E-state index contributed by atoms with van der Waals surface area (Å²) in [7, 11) is 0. The van der Waals surface area contributed by atoms with Crippen LogP contribution in [0.4, 0.5) is 0 Å². The molecule has 2 heterocycles. The summed E-state index contributed by atoms with van der Waals surface area (Å²) in [6, 6.07) is 6.71. The van der Waals surface area contributed by atoms with Gasteiger partial charge < -0.3 is 19.7 Å². The number of hydrogen-bond donors (Lipinski definition) is 2. The average molecular weight is 466 g/mol. The van der Waals surface area contributed by atoms with Crippen molar-refractivity contribution < 1.29 is 38.9 Å². The van der Waals surface area contributed by atoms with Crippen molar-refractivity contribution in [3.8, 4) is 0 Å². The van der Waals surface area contributed by atoms with Gasteiger partial charge in [0.05, 0.1) is 23.7 Å². The molecule has 2 aromatic rings. The molecular formula is C24H22N2O8. The van der Waals surface area contributed by atoms with Gasteiger partial charge in [0, 0.05) is 47.8 Å². The van der Waals surface area contributed by atoms with E-state index in [1.54, 1.807) is 36.7 Å². The van der Waals surface area contributed by atoms with Crippen molar-refractivity contribution in [2.45, 2.75) is 13.2 Å². The monoisotopic (exact) mass is 466 g/mol. The predicted octanol–water partition coefficient (Wildman–Crippen LogP) is 1.71. The normalized spacial score (nSPS) is 27.1. The first-order chi connectivity index (χ1) is 16.4. The molecule has 34 heavy (non-hydrogen) atoms. The third-order valence-corrected chi connectivity index (χ3v) is 6.31. The minimum atomic E-state index is -1.33. The summed E-state index contributed by atoms with van der Waals surface area (Å²) < 4.78 is 10.7. The van der Waals surface area contributed by atoms with Crippen LogP contribution >= 0.6 is 0 Å². The summed E-state index contributed by atoms with van der Waals surface area (Å²) in [6.07, 6.45) is 9.13. The molecule has 3 aliphatic carbocycles. The van der Waals surface area contributed by atoms with E-state index in [-0.39, 0.29) is 13.2 Å². The van der Waals surface area contributed by atoms with Gasteiger partial charge in [0.25, 0.3) is 0 Å². The van der Waals surface area contributed by atoms with Gasteiger partial charge in [0.15, 0.2) is 0 Å². The van der Waals surface area contributed by atoms with Gasteiger partial charge in [-0.3, -0.25) is 29.1 Å². The van der Waals surface area contributed by atoms with E-state index in [0.29, 0.717) is 11.1 Å². The maximum Gasteiger partial charge on any atom is 0.310 e. The van der Waals surface area contributed by atoms with Crippen LogP contribution in [0.25, 0.3) is 0 Å². The molecule has 2 bridgehead atoms. The number of hydrogen-bond acceptors (Lipinski definition) is 8. The van der Waals surface area contributed by atoms with Crippen molar-refractivity contribution in [3.63, 3.8) is 0 Å². The van der Waals surface area contributed by atoms with Gasteiger partial charge in [-0.05, 0) is 12.1 Å². The maximum absolute atomic E-state index is 13.0. The summed E-state index contributed by atoms with van der Waals surface area (Å²) >= 11 is 0. The lowest BCUT2D eigenvalue weighted by Crippen LogP contribution is -2.57. The van der Waals surface area contributed by atoms with Crippen molar-refractivity contribution in [2.24, 2.45) is 35.5 Å². The zero-order valence-electron chi connectivity index (χ0n) is 17.9. The van der Waals surface area contributed by atoms with E-state index in [4.69, 9.17) is 9.47 Å². The van der Waals surface area contributed by atoms with E-state index < -0.39 is 59.4 Å². The molecule has 5 rings (SSSR count). The fourth-order valence-corrected chi connectivity index (χ4v) is 4.85. The number of carbonyl (C=O) groups is 4. The highest BCUT2D eigenvalue weighted by atomic mass is 16.5. The molecule has 0 amide bonds. The van der Waals surface area contributed by atoms with Gasteiger partial charge in [-0.2, -0.15) is 0 Å². The Bertz CT molecular complexity index is 1020. The second-order valence-electron chi connectivity index (χ2n) is 8.26.